The molecule has 1 heterocycles. The molecule has 0 aliphatic carbocycles. The van der Waals surface area contributed by atoms with Gasteiger partial charge in [-0.1, -0.05) is 64.7 Å². The number of aryl methyl sites for hydroxylation is 1. The Labute approximate surface area is 187 Å². The second-order valence-electron chi connectivity index (χ2n) is 7.83. The molecule has 1 aromatic heterocycles. The fourth-order valence-electron chi connectivity index (χ4n) is 3.45. The second kappa shape index (κ2) is 14.4. The van der Waals surface area contributed by atoms with E-state index in [2.05, 4.69) is 32.5 Å². The lowest BCUT2D eigenvalue weighted by molar-refractivity contribution is 0.395. The molecule has 0 bridgehead atoms. The van der Waals surface area contributed by atoms with E-state index < -0.39 is 0 Å². The minimum absolute atomic E-state index is 0.488. The van der Waals surface area contributed by atoms with Crippen molar-refractivity contribution in [2.75, 3.05) is 31.4 Å². The molecule has 2 aromatic rings. The van der Waals surface area contributed by atoms with Crippen LogP contribution >= 0.6 is 0 Å². The van der Waals surface area contributed by atoms with Gasteiger partial charge >= 0.3 is 0 Å². The average Bonchev–Trinajstić information content (AvgIpc) is 2.77. The number of rotatable bonds is 16. The Morgan fingerprint density at radius 1 is 0.774 bits per heavy atom. The molecule has 0 spiro atoms. The maximum absolute atomic E-state index is 5.44. The van der Waals surface area contributed by atoms with Crippen LogP contribution in [0.4, 0.5) is 17.6 Å². The van der Waals surface area contributed by atoms with Gasteiger partial charge in [0.15, 0.2) is 0 Å². The fourth-order valence-corrected chi connectivity index (χ4v) is 3.45. The summed E-state index contributed by atoms with van der Waals surface area (Å²) in [6, 6.07) is 5.57. The summed E-state index contributed by atoms with van der Waals surface area (Å²) < 4.78 is 10.7. The molecule has 0 saturated heterocycles. The van der Waals surface area contributed by atoms with E-state index in [-0.39, 0.29) is 0 Å². The van der Waals surface area contributed by atoms with Gasteiger partial charge in [0.25, 0.3) is 0 Å². The summed E-state index contributed by atoms with van der Waals surface area (Å²) >= 11 is 0. The largest absolute Gasteiger partial charge is 0.497 e. The van der Waals surface area contributed by atoms with Gasteiger partial charge in [-0.2, -0.15) is 15.0 Å². The van der Waals surface area contributed by atoms with Crippen LogP contribution in [0.1, 0.15) is 77.0 Å². The number of nitrogens with one attached hydrogen (secondary N) is 2. The lowest BCUT2D eigenvalue weighted by Crippen LogP contribution is -2.09. The summed E-state index contributed by atoms with van der Waals surface area (Å²) in [5, 5.41) is 6.55. The number of aromatic nitrogens is 3. The van der Waals surface area contributed by atoms with Crippen LogP contribution in [0.5, 0.6) is 11.5 Å². The SMILES string of the molecule is CCCCCCCCCCCCNc1nc(C)nc(Nc2ccc(OC)cc2OC)n1. The first kappa shape index (κ1) is 24.7. The van der Waals surface area contributed by atoms with Crippen molar-refractivity contribution in [1.82, 2.24) is 15.0 Å². The van der Waals surface area contributed by atoms with Gasteiger partial charge in [0.05, 0.1) is 19.9 Å². The van der Waals surface area contributed by atoms with Crippen molar-refractivity contribution in [1.29, 1.82) is 0 Å². The van der Waals surface area contributed by atoms with Crippen molar-refractivity contribution < 1.29 is 9.47 Å². The number of hydrogen-bond acceptors (Lipinski definition) is 7. The molecule has 31 heavy (non-hydrogen) atoms. The van der Waals surface area contributed by atoms with Crippen LogP contribution < -0.4 is 20.1 Å². The van der Waals surface area contributed by atoms with Crippen LogP contribution in [0.15, 0.2) is 18.2 Å². The fraction of sp³-hybridized carbons (Fsp3) is 0.625. The van der Waals surface area contributed by atoms with E-state index in [1.807, 2.05) is 25.1 Å². The lowest BCUT2D eigenvalue weighted by Gasteiger charge is -2.12. The molecule has 7 heteroatoms. The summed E-state index contributed by atoms with van der Waals surface area (Å²) in [5.41, 5.74) is 0.773. The minimum atomic E-state index is 0.488. The number of ether oxygens (including phenoxy) is 2. The van der Waals surface area contributed by atoms with Gasteiger partial charge in [-0.05, 0) is 25.5 Å². The molecule has 0 aliphatic rings. The molecule has 0 amide bonds. The van der Waals surface area contributed by atoms with E-state index >= 15 is 0 Å². The smallest absolute Gasteiger partial charge is 0.232 e. The third-order valence-corrected chi connectivity index (χ3v) is 5.22. The van der Waals surface area contributed by atoms with Crippen molar-refractivity contribution in [2.45, 2.75) is 78.1 Å². The van der Waals surface area contributed by atoms with E-state index in [0.29, 0.717) is 23.5 Å². The first-order valence-electron chi connectivity index (χ1n) is 11.6. The van der Waals surface area contributed by atoms with E-state index in [1.165, 1.54) is 57.8 Å². The highest BCUT2D eigenvalue weighted by atomic mass is 16.5. The first-order chi connectivity index (χ1) is 15.2. The Morgan fingerprint density at radius 2 is 1.42 bits per heavy atom. The summed E-state index contributed by atoms with van der Waals surface area (Å²) in [6.07, 6.45) is 13.2. The highest BCUT2D eigenvalue weighted by Gasteiger charge is 2.09. The zero-order chi connectivity index (χ0) is 22.3. The van der Waals surface area contributed by atoms with Crippen LogP contribution in [-0.2, 0) is 0 Å². The van der Waals surface area contributed by atoms with Crippen LogP contribution in [0.2, 0.25) is 0 Å². The van der Waals surface area contributed by atoms with Crippen molar-refractivity contribution in [2.24, 2.45) is 0 Å². The Kier molecular flexibility index (Phi) is 11.5. The van der Waals surface area contributed by atoms with E-state index in [9.17, 15) is 0 Å². The monoisotopic (exact) mass is 429 g/mol. The normalized spacial score (nSPS) is 10.7. The second-order valence-corrected chi connectivity index (χ2v) is 7.83. The molecule has 2 rings (SSSR count). The first-order valence-corrected chi connectivity index (χ1v) is 11.6. The van der Waals surface area contributed by atoms with Crippen molar-refractivity contribution in [3.05, 3.63) is 24.0 Å². The molecular formula is C24H39N5O2. The van der Waals surface area contributed by atoms with Gasteiger partial charge in [-0.3, -0.25) is 0 Å². The Morgan fingerprint density at radius 3 is 2.06 bits per heavy atom. The molecule has 0 unspecified atom stereocenters. The van der Waals surface area contributed by atoms with Crippen molar-refractivity contribution in [3.8, 4) is 11.5 Å². The number of benzene rings is 1. The van der Waals surface area contributed by atoms with Gasteiger partial charge in [-0.15, -0.1) is 0 Å². The quantitative estimate of drug-likeness (QED) is 0.304. The molecule has 1 aromatic carbocycles. The Hall–Kier alpha value is -2.57. The molecule has 0 saturated carbocycles. The summed E-state index contributed by atoms with van der Waals surface area (Å²) in [7, 11) is 3.25. The molecule has 0 fully saturated rings. The van der Waals surface area contributed by atoms with Crippen LogP contribution in [0.3, 0.4) is 0 Å². The standard InChI is InChI=1S/C24H39N5O2/c1-5-6-7-8-9-10-11-12-13-14-17-25-23-26-19(2)27-24(29-23)28-21-16-15-20(30-3)18-22(21)31-4/h15-16,18H,5-14,17H2,1-4H3,(H2,25,26,27,28,29). The number of nitrogens with zero attached hydrogens (tertiary/aromatic N) is 3. The topological polar surface area (TPSA) is 81.2 Å². The van der Waals surface area contributed by atoms with Gasteiger partial charge in [-0.25, -0.2) is 0 Å². The van der Waals surface area contributed by atoms with Crippen LogP contribution in [0, 0.1) is 6.92 Å². The van der Waals surface area contributed by atoms with Crippen molar-refractivity contribution >= 4 is 17.6 Å². The number of anilines is 3. The van der Waals surface area contributed by atoms with Gasteiger partial charge in [0.1, 0.15) is 17.3 Å². The average molecular weight is 430 g/mol. The van der Waals surface area contributed by atoms with E-state index in [1.54, 1.807) is 14.2 Å². The van der Waals surface area contributed by atoms with Crippen LogP contribution in [-0.4, -0.2) is 35.7 Å². The zero-order valence-corrected chi connectivity index (χ0v) is 19.7. The maximum Gasteiger partial charge on any atom is 0.232 e. The van der Waals surface area contributed by atoms with Gasteiger partial charge < -0.3 is 20.1 Å². The van der Waals surface area contributed by atoms with Crippen molar-refractivity contribution in [3.63, 3.8) is 0 Å². The summed E-state index contributed by atoms with van der Waals surface area (Å²) in [6.45, 7) is 5.00. The van der Waals surface area contributed by atoms with E-state index in [4.69, 9.17) is 9.47 Å². The molecule has 0 atom stereocenters. The molecule has 7 nitrogen and oxygen atoms in total. The highest BCUT2D eigenvalue weighted by Crippen LogP contribution is 2.30. The molecule has 2 N–H and O–H groups in total. The third kappa shape index (κ3) is 9.40. The van der Waals surface area contributed by atoms with E-state index in [0.717, 1.165) is 24.4 Å². The predicted molar refractivity (Wildman–Crippen MR) is 128 cm³/mol. The number of methoxy groups -OCH3 is 2. The maximum atomic E-state index is 5.44. The summed E-state index contributed by atoms with van der Waals surface area (Å²) in [4.78, 5) is 13.3. The summed E-state index contributed by atoms with van der Waals surface area (Å²) in [5.74, 6) is 3.14. The van der Waals surface area contributed by atoms with Gasteiger partial charge in [0.2, 0.25) is 11.9 Å². The Balaban J connectivity index is 1.74. The highest BCUT2D eigenvalue weighted by molar-refractivity contribution is 5.64. The number of unbranched alkanes of at least 4 members (excludes halogenated alkanes) is 9. The third-order valence-electron chi connectivity index (χ3n) is 5.22. The molecule has 0 radical (unpaired) electrons. The molecule has 0 aliphatic heterocycles. The molecule has 172 valence electrons. The van der Waals surface area contributed by atoms with Crippen LogP contribution in [0.25, 0.3) is 0 Å². The zero-order valence-electron chi connectivity index (χ0n) is 19.7. The van der Waals surface area contributed by atoms with Gasteiger partial charge in [0, 0.05) is 12.6 Å². The Bertz CT molecular complexity index is 770. The lowest BCUT2D eigenvalue weighted by atomic mass is 10.1. The predicted octanol–water partition coefficient (Wildman–Crippen LogP) is 6.27. The molecular weight excluding hydrogens is 390 g/mol. The number of hydrogen-bond donors (Lipinski definition) is 2. The minimum Gasteiger partial charge on any atom is -0.497 e.